The zero-order valence-electron chi connectivity index (χ0n) is 14.7. The van der Waals surface area contributed by atoms with Gasteiger partial charge in [0.05, 0.1) is 11.3 Å². The van der Waals surface area contributed by atoms with Crippen molar-refractivity contribution in [2.24, 2.45) is 17.3 Å². The molecule has 0 bridgehead atoms. The predicted octanol–water partition coefficient (Wildman–Crippen LogP) is 1.74. The third kappa shape index (κ3) is 2.60. The maximum Gasteiger partial charge on any atom is 0.311 e. The highest BCUT2D eigenvalue weighted by Gasteiger charge is 2.56. The van der Waals surface area contributed by atoms with Crippen LogP contribution in [0, 0.1) is 17.3 Å². The molecule has 3 atom stereocenters. The van der Waals surface area contributed by atoms with Crippen LogP contribution in [0.25, 0.3) is 0 Å². The van der Waals surface area contributed by atoms with Crippen molar-refractivity contribution >= 4 is 17.8 Å². The van der Waals surface area contributed by atoms with Gasteiger partial charge in [0, 0.05) is 32.1 Å². The van der Waals surface area contributed by atoms with Crippen molar-refractivity contribution in [3.63, 3.8) is 0 Å². The van der Waals surface area contributed by atoms with Crippen LogP contribution in [0.4, 0.5) is 0 Å². The molecule has 3 aliphatic rings. The lowest BCUT2D eigenvalue weighted by molar-refractivity contribution is -0.149. The Morgan fingerprint density at radius 1 is 1.29 bits per heavy atom. The van der Waals surface area contributed by atoms with Crippen LogP contribution >= 0.6 is 0 Å². The van der Waals surface area contributed by atoms with Crippen LogP contribution in [0.1, 0.15) is 52.4 Å². The van der Waals surface area contributed by atoms with E-state index in [2.05, 4.69) is 13.8 Å². The Morgan fingerprint density at radius 2 is 2.00 bits per heavy atom. The van der Waals surface area contributed by atoms with Gasteiger partial charge in [-0.15, -0.1) is 0 Å². The molecule has 2 aliphatic heterocycles. The van der Waals surface area contributed by atoms with E-state index in [1.165, 1.54) is 0 Å². The van der Waals surface area contributed by atoms with E-state index >= 15 is 0 Å². The lowest BCUT2D eigenvalue weighted by Gasteiger charge is -2.27. The van der Waals surface area contributed by atoms with Crippen molar-refractivity contribution in [1.82, 2.24) is 9.80 Å². The summed E-state index contributed by atoms with van der Waals surface area (Å²) >= 11 is 0. The number of fused-ring (bicyclic) bond motifs is 1. The number of carbonyl (C=O) groups excluding carboxylic acids is 2. The Balaban J connectivity index is 1.68. The monoisotopic (exact) mass is 336 g/mol. The van der Waals surface area contributed by atoms with Crippen LogP contribution in [0.15, 0.2) is 0 Å². The lowest BCUT2D eigenvalue weighted by atomic mass is 9.81. The predicted molar refractivity (Wildman–Crippen MR) is 88.2 cm³/mol. The summed E-state index contributed by atoms with van der Waals surface area (Å²) in [5.41, 5.74) is -0.743. The Kier molecular flexibility index (Phi) is 4.58. The first-order valence-electron chi connectivity index (χ1n) is 9.24. The molecule has 3 fully saturated rings. The molecule has 0 aromatic carbocycles. The fourth-order valence-corrected chi connectivity index (χ4v) is 5.04. The Hall–Kier alpha value is -1.59. The number of carbonyl (C=O) groups is 3. The number of carboxylic acid groups (broad SMARTS) is 1. The maximum atomic E-state index is 12.9. The Bertz CT molecular complexity index is 545. The molecule has 2 saturated heterocycles. The minimum atomic E-state index is -0.763. The summed E-state index contributed by atoms with van der Waals surface area (Å²) in [6, 6.07) is 0.207. The molecule has 0 aromatic heterocycles. The van der Waals surface area contributed by atoms with Crippen LogP contribution < -0.4 is 0 Å². The van der Waals surface area contributed by atoms with Crippen molar-refractivity contribution in [3.05, 3.63) is 0 Å². The highest BCUT2D eigenvalue weighted by molar-refractivity contribution is 5.90. The topological polar surface area (TPSA) is 77.9 Å². The van der Waals surface area contributed by atoms with Crippen LogP contribution in [0.5, 0.6) is 0 Å². The van der Waals surface area contributed by atoms with Gasteiger partial charge in [0.15, 0.2) is 0 Å². The van der Waals surface area contributed by atoms with E-state index in [1.807, 2.05) is 4.90 Å². The molecule has 24 heavy (non-hydrogen) atoms. The van der Waals surface area contributed by atoms with Gasteiger partial charge in [-0.05, 0) is 31.6 Å². The van der Waals surface area contributed by atoms with Crippen molar-refractivity contribution in [3.8, 4) is 0 Å². The minimum absolute atomic E-state index is 0.0215. The number of rotatable bonds is 5. The van der Waals surface area contributed by atoms with Gasteiger partial charge in [-0.2, -0.15) is 0 Å². The molecule has 6 heteroatoms. The van der Waals surface area contributed by atoms with E-state index in [0.29, 0.717) is 26.1 Å². The van der Waals surface area contributed by atoms with Gasteiger partial charge in [-0.3, -0.25) is 14.4 Å². The molecule has 2 amide bonds. The van der Waals surface area contributed by atoms with Crippen molar-refractivity contribution in [2.45, 2.75) is 58.4 Å². The second-order valence-electron chi connectivity index (χ2n) is 7.69. The molecule has 0 radical (unpaired) electrons. The van der Waals surface area contributed by atoms with Crippen LogP contribution in [0.2, 0.25) is 0 Å². The lowest BCUT2D eigenvalue weighted by Crippen LogP contribution is -2.41. The van der Waals surface area contributed by atoms with Gasteiger partial charge in [-0.25, -0.2) is 0 Å². The zero-order chi connectivity index (χ0) is 17.5. The van der Waals surface area contributed by atoms with Crippen LogP contribution in [-0.4, -0.2) is 58.4 Å². The first kappa shape index (κ1) is 17.2. The summed E-state index contributed by atoms with van der Waals surface area (Å²) in [7, 11) is 0. The first-order valence-corrected chi connectivity index (χ1v) is 9.24. The fraction of sp³-hybridized carbons (Fsp3) is 0.833. The van der Waals surface area contributed by atoms with Gasteiger partial charge < -0.3 is 14.9 Å². The molecule has 1 saturated carbocycles. The molecule has 1 aliphatic carbocycles. The van der Waals surface area contributed by atoms with Gasteiger partial charge in [-0.1, -0.05) is 20.3 Å². The summed E-state index contributed by atoms with van der Waals surface area (Å²) in [5, 5.41) is 9.66. The van der Waals surface area contributed by atoms with Gasteiger partial charge >= 0.3 is 5.97 Å². The molecule has 0 aromatic rings. The van der Waals surface area contributed by atoms with Crippen molar-refractivity contribution in [2.75, 3.05) is 19.6 Å². The van der Waals surface area contributed by atoms with E-state index in [1.54, 1.807) is 4.90 Å². The normalized spacial score (nSPS) is 32.7. The van der Waals surface area contributed by atoms with Gasteiger partial charge in [0.2, 0.25) is 11.8 Å². The molecule has 1 unspecified atom stereocenters. The van der Waals surface area contributed by atoms with E-state index < -0.39 is 11.4 Å². The number of nitrogens with zero attached hydrogens (tertiary/aromatic N) is 2. The average Bonchev–Trinajstić information content (AvgIpc) is 3.20. The maximum absolute atomic E-state index is 12.9. The molecule has 0 spiro atoms. The molecule has 1 N–H and O–H groups in total. The third-order valence-corrected chi connectivity index (χ3v) is 6.50. The van der Waals surface area contributed by atoms with Crippen molar-refractivity contribution in [1.29, 1.82) is 0 Å². The van der Waals surface area contributed by atoms with Crippen molar-refractivity contribution < 1.29 is 19.5 Å². The average molecular weight is 336 g/mol. The largest absolute Gasteiger partial charge is 0.481 e. The second kappa shape index (κ2) is 6.37. The Morgan fingerprint density at radius 3 is 2.58 bits per heavy atom. The summed E-state index contributed by atoms with van der Waals surface area (Å²) in [5.74, 6) is -0.948. The Labute approximate surface area is 143 Å². The number of aliphatic carboxylic acids is 1. The first-order chi connectivity index (χ1) is 11.4. The number of hydrogen-bond donors (Lipinski definition) is 1. The fourth-order valence-electron chi connectivity index (χ4n) is 5.04. The third-order valence-electron chi connectivity index (χ3n) is 6.50. The summed E-state index contributed by atoms with van der Waals surface area (Å²) < 4.78 is 0. The molecule has 6 nitrogen and oxygen atoms in total. The molecular weight excluding hydrogens is 308 g/mol. The standard InChI is InChI=1S/C18H28N2O4/c1-3-14(4-2)20-9-12(8-15(20)21)16(22)19-10-13-6-5-7-18(13,11-19)17(23)24/h12-14H,3-11H2,1-2H3,(H,23,24)/t12?,13-,18+/m0/s1. The molecule has 3 rings (SSSR count). The molecular formula is C18H28N2O4. The molecule has 2 heterocycles. The van der Waals surface area contributed by atoms with Gasteiger partial charge in [0.25, 0.3) is 0 Å². The number of hydrogen-bond acceptors (Lipinski definition) is 3. The summed E-state index contributed by atoms with van der Waals surface area (Å²) in [4.78, 5) is 40.5. The van der Waals surface area contributed by atoms with Gasteiger partial charge in [0.1, 0.15) is 0 Å². The van der Waals surface area contributed by atoms with E-state index in [0.717, 1.165) is 25.7 Å². The quantitative estimate of drug-likeness (QED) is 0.829. The highest BCUT2D eigenvalue weighted by atomic mass is 16.4. The summed E-state index contributed by atoms with van der Waals surface area (Å²) in [6.07, 6.45) is 4.56. The number of carboxylic acids is 1. The van der Waals surface area contributed by atoms with E-state index in [-0.39, 0.29) is 36.1 Å². The van der Waals surface area contributed by atoms with E-state index in [4.69, 9.17) is 0 Å². The number of likely N-dealkylation sites (tertiary alicyclic amines) is 2. The molecule has 134 valence electrons. The number of amides is 2. The van der Waals surface area contributed by atoms with Crippen LogP contribution in [-0.2, 0) is 14.4 Å². The highest BCUT2D eigenvalue weighted by Crippen LogP contribution is 2.49. The smallest absolute Gasteiger partial charge is 0.311 e. The SMILES string of the molecule is CCC(CC)N1CC(C(=O)N2C[C@@H]3CCC[C@@]3(C(=O)O)C2)CC1=O. The van der Waals surface area contributed by atoms with Crippen LogP contribution in [0.3, 0.4) is 0 Å². The summed E-state index contributed by atoms with van der Waals surface area (Å²) in [6.45, 7) is 5.48. The second-order valence-corrected chi connectivity index (χ2v) is 7.69. The zero-order valence-corrected chi connectivity index (χ0v) is 14.7. The minimum Gasteiger partial charge on any atom is -0.481 e. The van der Waals surface area contributed by atoms with E-state index in [9.17, 15) is 19.5 Å².